The summed E-state index contributed by atoms with van der Waals surface area (Å²) < 4.78 is 10.6. The second-order valence-electron chi connectivity index (χ2n) is 5.60. The van der Waals surface area contributed by atoms with Gasteiger partial charge in [-0.1, -0.05) is 6.07 Å². The van der Waals surface area contributed by atoms with E-state index in [0.29, 0.717) is 5.56 Å². The van der Waals surface area contributed by atoms with Crippen LogP contribution in [0.25, 0.3) is 6.08 Å². The third-order valence-corrected chi connectivity index (χ3v) is 4.03. The van der Waals surface area contributed by atoms with Gasteiger partial charge in [0.2, 0.25) is 5.75 Å². The number of ketones is 1. The molecular weight excluding hydrogens is 328 g/mol. The Morgan fingerprint density at radius 3 is 2.48 bits per heavy atom. The SMILES string of the molecule is COc1c(O)c(C)c(O)c2c1OC/C(=C\c1ccc(O)c(O)c1)C2=O. The zero-order valence-corrected chi connectivity index (χ0v) is 13.5. The van der Waals surface area contributed by atoms with E-state index in [9.17, 15) is 25.2 Å². The van der Waals surface area contributed by atoms with Crippen LogP contribution in [-0.4, -0.2) is 39.9 Å². The summed E-state index contributed by atoms with van der Waals surface area (Å²) in [6.07, 6.45) is 1.48. The average molecular weight is 344 g/mol. The van der Waals surface area contributed by atoms with Gasteiger partial charge in [0, 0.05) is 11.1 Å². The van der Waals surface area contributed by atoms with Gasteiger partial charge in [0.15, 0.2) is 28.8 Å². The fourth-order valence-electron chi connectivity index (χ4n) is 2.65. The van der Waals surface area contributed by atoms with Gasteiger partial charge in [-0.2, -0.15) is 0 Å². The molecule has 1 aliphatic heterocycles. The molecule has 130 valence electrons. The Hall–Kier alpha value is -3.35. The minimum absolute atomic E-state index is 0.0139. The lowest BCUT2D eigenvalue weighted by Gasteiger charge is -2.23. The summed E-state index contributed by atoms with van der Waals surface area (Å²) in [5.41, 5.74) is 0.733. The Balaban J connectivity index is 2.11. The summed E-state index contributed by atoms with van der Waals surface area (Å²) in [5.74, 6) is -1.76. The zero-order valence-electron chi connectivity index (χ0n) is 13.5. The molecule has 2 aromatic carbocycles. The van der Waals surface area contributed by atoms with Crippen molar-refractivity contribution in [2.45, 2.75) is 6.92 Å². The number of benzene rings is 2. The maximum atomic E-state index is 12.8. The largest absolute Gasteiger partial charge is 0.507 e. The van der Waals surface area contributed by atoms with Gasteiger partial charge in [0.25, 0.3) is 0 Å². The van der Waals surface area contributed by atoms with E-state index in [2.05, 4.69) is 0 Å². The van der Waals surface area contributed by atoms with Crippen molar-refractivity contribution < 1.29 is 34.7 Å². The maximum Gasteiger partial charge on any atom is 0.204 e. The number of carbonyl (C=O) groups excluding carboxylic acids is 1. The molecule has 1 aliphatic rings. The van der Waals surface area contributed by atoms with Crippen LogP contribution >= 0.6 is 0 Å². The topological polar surface area (TPSA) is 116 Å². The summed E-state index contributed by atoms with van der Waals surface area (Å²) in [7, 11) is 1.32. The highest BCUT2D eigenvalue weighted by atomic mass is 16.5. The van der Waals surface area contributed by atoms with E-state index >= 15 is 0 Å². The first-order valence-corrected chi connectivity index (χ1v) is 7.37. The number of ether oxygens (including phenoxy) is 2. The molecular formula is C18H16O7. The Morgan fingerprint density at radius 2 is 1.84 bits per heavy atom. The van der Waals surface area contributed by atoms with Crippen molar-refractivity contribution in [1.29, 1.82) is 0 Å². The van der Waals surface area contributed by atoms with E-state index in [0.717, 1.165) is 0 Å². The number of rotatable bonds is 2. The first-order valence-electron chi connectivity index (χ1n) is 7.37. The predicted molar refractivity (Wildman–Crippen MR) is 88.6 cm³/mol. The fourth-order valence-corrected chi connectivity index (χ4v) is 2.65. The second-order valence-corrected chi connectivity index (χ2v) is 5.60. The zero-order chi connectivity index (χ0) is 18.3. The van der Waals surface area contributed by atoms with Gasteiger partial charge in [-0.05, 0) is 30.7 Å². The summed E-state index contributed by atoms with van der Waals surface area (Å²) in [6, 6.07) is 4.12. The summed E-state index contributed by atoms with van der Waals surface area (Å²) >= 11 is 0. The van der Waals surface area contributed by atoms with Crippen LogP contribution in [0.1, 0.15) is 21.5 Å². The molecule has 2 aromatic rings. The number of hydrogen-bond acceptors (Lipinski definition) is 7. The maximum absolute atomic E-state index is 12.8. The molecule has 25 heavy (non-hydrogen) atoms. The quantitative estimate of drug-likeness (QED) is 0.488. The first-order chi connectivity index (χ1) is 11.8. The molecule has 0 saturated heterocycles. The molecule has 0 saturated carbocycles. The molecule has 0 spiro atoms. The van der Waals surface area contributed by atoms with Gasteiger partial charge in [-0.3, -0.25) is 4.79 Å². The Morgan fingerprint density at radius 1 is 1.12 bits per heavy atom. The van der Waals surface area contributed by atoms with Gasteiger partial charge in [0.05, 0.1) is 7.11 Å². The Labute approximate surface area is 143 Å². The Kier molecular flexibility index (Phi) is 3.92. The number of hydrogen-bond donors (Lipinski definition) is 4. The van der Waals surface area contributed by atoms with E-state index in [1.807, 2.05) is 0 Å². The van der Waals surface area contributed by atoms with Crippen LogP contribution < -0.4 is 9.47 Å². The minimum atomic E-state index is -0.479. The molecule has 4 N–H and O–H groups in total. The van der Waals surface area contributed by atoms with E-state index in [1.54, 1.807) is 0 Å². The highest BCUT2D eigenvalue weighted by Crippen LogP contribution is 2.49. The van der Waals surface area contributed by atoms with Crippen LogP contribution in [0.5, 0.6) is 34.5 Å². The van der Waals surface area contributed by atoms with E-state index < -0.39 is 5.78 Å². The molecule has 0 aromatic heterocycles. The third-order valence-electron chi connectivity index (χ3n) is 4.03. The van der Waals surface area contributed by atoms with Crippen LogP contribution in [0.4, 0.5) is 0 Å². The number of aromatic hydroxyl groups is 4. The molecule has 3 rings (SSSR count). The van der Waals surface area contributed by atoms with Gasteiger partial charge < -0.3 is 29.9 Å². The van der Waals surface area contributed by atoms with Crippen LogP contribution in [0, 0.1) is 6.92 Å². The Bertz CT molecular complexity index is 912. The molecule has 7 heteroatoms. The second kappa shape index (κ2) is 5.94. The lowest BCUT2D eigenvalue weighted by Crippen LogP contribution is -2.20. The van der Waals surface area contributed by atoms with Gasteiger partial charge in [-0.25, -0.2) is 0 Å². The van der Waals surface area contributed by atoms with Crippen molar-refractivity contribution in [3.8, 4) is 34.5 Å². The molecule has 0 atom stereocenters. The van der Waals surface area contributed by atoms with Crippen molar-refractivity contribution in [2.75, 3.05) is 13.7 Å². The fraction of sp³-hybridized carbons (Fsp3) is 0.167. The van der Waals surface area contributed by atoms with Crippen LogP contribution in [-0.2, 0) is 0 Å². The standard InChI is InChI=1S/C18H16O7/c1-8-14(21)13-16(23)10(5-9-3-4-11(19)12(20)6-9)7-25-17(13)18(24-2)15(8)22/h3-6,19-22H,7H2,1-2H3/b10-5+. The molecule has 0 fully saturated rings. The monoisotopic (exact) mass is 344 g/mol. The lowest BCUT2D eigenvalue weighted by atomic mass is 9.94. The number of phenols is 4. The number of Topliss-reactive ketones (excluding diaryl/α,β-unsaturated/α-hetero) is 1. The first kappa shape index (κ1) is 16.5. The lowest BCUT2D eigenvalue weighted by molar-refractivity contribution is 0.0995. The van der Waals surface area contributed by atoms with Gasteiger partial charge in [-0.15, -0.1) is 0 Å². The van der Waals surface area contributed by atoms with E-state index in [4.69, 9.17) is 9.47 Å². The molecule has 0 unspecified atom stereocenters. The highest BCUT2D eigenvalue weighted by Gasteiger charge is 2.33. The third kappa shape index (κ3) is 2.59. The minimum Gasteiger partial charge on any atom is -0.507 e. The van der Waals surface area contributed by atoms with Gasteiger partial charge >= 0.3 is 0 Å². The van der Waals surface area contributed by atoms with Crippen LogP contribution in [0.2, 0.25) is 0 Å². The molecule has 0 radical (unpaired) electrons. The summed E-state index contributed by atoms with van der Waals surface area (Å²) in [5, 5.41) is 39.2. The number of methoxy groups -OCH3 is 1. The normalized spacial score (nSPS) is 15.0. The van der Waals surface area contributed by atoms with Crippen molar-refractivity contribution in [1.82, 2.24) is 0 Å². The van der Waals surface area contributed by atoms with E-state index in [1.165, 1.54) is 38.3 Å². The number of fused-ring (bicyclic) bond motifs is 1. The summed E-state index contributed by atoms with van der Waals surface area (Å²) in [6.45, 7) is 1.35. The van der Waals surface area contributed by atoms with Crippen LogP contribution in [0.3, 0.4) is 0 Å². The van der Waals surface area contributed by atoms with E-state index in [-0.39, 0.29) is 57.8 Å². The van der Waals surface area contributed by atoms with Crippen molar-refractivity contribution in [3.05, 3.63) is 40.5 Å². The highest BCUT2D eigenvalue weighted by molar-refractivity contribution is 6.16. The molecule has 0 amide bonds. The van der Waals surface area contributed by atoms with Crippen molar-refractivity contribution in [2.24, 2.45) is 0 Å². The van der Waals surface area contributed by atoms with Crippen LogP contribution in [0.15, 0.2) is 23.8 Å². The summed E-state index contributed by atoms with van der Waals surface area (Å²) in [4.78, 5) is 12.8. The van der Waals surface area contributed by atoms with Crippen molar-refractivity contribution in [3.63, 3.8) is 0 Å². The average Bonchev–Trinajstić information content (AvgIpc) is 2.59. The molecule has 7 nitrogen and oxygen atoms in total. The molecule has 0 bridgehead atoms. The predicted octanol–water partition coefficient (Wildman–Crippen LogP) is 2.48. The van der Waals surface area contributed by atoms with Gasteiger partial charge in [0.1, 0.15) is 17.9 Å². The smallest absolute Gasteiger partial charge is 0.204 e. The molecule has 0 aliphatic carbocycles. The molecule has 1 heterocycles. The number of phenolic OH excluding ortho intramolecular Hbond substituents is 4. The van der Waals surface area contributed by atoms with Crippen molar-refractivity contribution >= 4 is 11.9 Å². The number of carbonyl (C=O) groups is 1.